The van der Waals surface area contributed by atoms with Crippen molar-refractivity contribution in [2.75, 3.05) is 12.4 Å². The van der Waals surface area contributed by atoms with Crippen molar-refractivity contribution in [3.63, 3.8) is 0 Å². The van der Waals surface area contributed by atoms with E-state index in [9.17, 15) is 9.59 Å². The Morgan fingerprint density at radius 2 is 2.00 bits per heavy atom. The SMILES string of the molecule is C=C[C@@]1(c2cccc(NC(=O)c3ccc4ccccc4n3)c2)CC(=O)N(C)C(N)=N1. The van der Waals surface area contributed by atoms with E-state index in [0.29, 0.717) is 16.9 Å². The second kappa shape index (κ2) is 7.44. The van der Waals surface area contributed by atoms with Crippen LogP contribution in [0.15, 0.2) is 78.3 Å². The van der Waals surface area contributed by atoms with E-state index >= 15 is 0 Å². The lowest BCUT2D eigenvalue weighted by Gasteiger charge is -2.34. The molecule has 3 aromatic rings. The highest BCUT2D eigenvalue weighted by atomic mass is 16.2. The number of aliphatic imine (C=N–C) groups is 1. The molecule has 1 atom stereocenters. The average molecular weight is 399 g/mol. The summed E-state index contributed by atoms with van der Waals surface area (Å²) in [4.78, 5) is 35.3. The number of carbonyl (C=O) groups excluding carboxylic acids is 2. The van der Waals surface area contributed by atoms with Gasteiger partial charge in [-0.15, -0.1) is 6.58 Å². The third-order valence-corrected chi connectivity index (χ3v) is 5.24. The zero-order valence-corrected chi connectivity index (χ0v) is 16.5. The molecule has 0 fully saturated rings. The molecule has 2 aromatic carbocycles. The van der Waals surface area contributed by atoms with Gasteiger partial charge in [0.1, 0.15) is 11.2 Å². The van der Waals surface area contributed by atoms with Crippen LogP contribution >= 0.6 is 0 Å². The Kier molecular flexibility index (Phi) is 4.79. The zero-order valence-electron chi connectivity index (χ0n) is 16.5. The Hall–Kier alpha value is -4.00. The molecule has 1 aliphatic heterocycles. The number of guanidine groups is 1. The van der Waals surface area contributed by atoms with Gasteiger partial charge in [0.2, 0.25) is 5.91 Å². The zero-order chi connectivity index (χ0) is 21.3. The topological polar surface area (TPSA) is 101 Å². The molecule has 7 heteroatoms. The molecule has 7 nitrogen and oxygen atoms in total. The Morgan fingerprint density at radius 3 is 2.77 bits per heavy atom. The molecular weight excluding hydrogens is 378 g/mol. The molecule has 0 aliphatic carbocycles. The van der Waals surface area contributed by atoms with Crippen LogP contribution in [0.3, 0.4) is 0 Å². The number of para-hydroxylation sites is 1. The van der Waals surface area contributed by atoms with Crippen molar-refractivity contribution in [3.05, 3.63) is 84.6 Å². The summed E-state index contributed by atoms with van der Waals surface area (Å²) >= 11 is 0. The number of fused-ring (bicyclic) bond motifs is 1. The number of amides is 2. The normalized spacial score (nSPS) is 18.8. The molecule has 0 bridgehead atoms. The van der Waals surface area contributed by atoms with E-state index in [1.165, 1.54) is 4.90 Å². The lowest BCUT2D eigenvalue weighted by molar-refractivity contribution is -0.128. The number of pyridine rings is 1. The van der Waals surface area contributed by atoms with Crippen LogP contribution in [0.25, 0.3) is 10.9 Å². The maximum Gasteiger partial charge on any atom is 0.274 e. The molecule has 0 unspecified atom stereocenters. The number of rotatable bonds is 4. The van der Waals surface area contributed by atoms with Crippen molar-refractivity contribution in [2.24, 2.45) is 10.7 Å². The first-order valence-electron chi connectivity index (χ1n) is 9.45. The minimum absolute atomic E-state index is 0.108. The molecule has 0 spiro atoms. The molecule has 4 rings (SSSR count). The van der Waals surface area contributed by atoms with Gasteiger partial charge >= 0.3 is 0 Å². The lowest BCUT2D eigenvalue weighted by Crippen LogP contribution is -2.47. The van der Waals surface area contributed by atoms with Crippen LogP contribution in [0.1, 0.15) is 22.5 Å². The Morgan fingerprint density at radius 1 is 1.20 bits per heavy atom. The van der Waals surface area contributed by atoms with Gasteiger partial charge in [0, 0.05) is 18.1 Å². The van der Waals surface area contributed by atoms with Crippen molar-refractivity contribution in [3.8, 4) is 0 Å². The molecule has 30 heavy (non-hydrogen) atoms. The summed E-state index contributed by atoms with van der Waals surface area (Å²) in [5.74, 6) is -0.355. The Labute approximate surface area is 173 Å². The first-order chi connectivity index (χ1) is 14.4. The van der Waals surface area contributed by atoms with E-state index in [1.54, 1.807) is 37.4 Å². The highest BCUT2D eigenvalue weighted by Gasteiger charge is 2.37. The van der Waals surface area contributed by atoms with Gasteiger partial charge in [-0.05, 0) is 29.8 Å². The quantitative estimate of drug-likeness (QED) is 0.659. The van der Waals surface area contributed by atoms with Gasteiger partial charge in [0.05, 0.1) is 11.9 Å². The number of hydrogen-bond donors (Lipinski definition) is 2. The summed E-state index contributed by atoms with van der Waals surface area (Å²) < 4.78 is 0. The number of aromatic nitrogens is 1. The van der Waals surface area contributed by atoms with E-state index in [2.05, 4.69) is 21.9 Å². The molecular formula is C23H21N5O2. The van der Waals surface area contributed by atoms with Gasteiger partial charge in [0.15, 0.2) is 5.96 Å². The molecule has 0 radical (unpaired) electrons. The van der Waals surface area contributed by atoms with Crippen molar-refractivity contribution in [2.45, 2.75) is 12.0 Å². The van der Waals surface area contributed by atoms with Gasteiger partial charge in [-0.25, -0.2) is 9.98 Å². The monoisotopic (exact) mass is 399 g/mol. The largest absolute Gasteiger partial charge is 0.369 e. The summed E-state index contributed by atoms with van der Waals surface area (Å²) in [6.45, 7) is 3.86. The number of benzene rings is 2. The smallest absolute Gasteiger partial charge is 0.274 e. The molecule has 1 aliphatic rings. The van der Waals surface area contributed by atoms with Crippen molar-refractivity contribution in [1.29, 1.82) is 0 Å². The van der Waals surface area contributed by atoms with Gasteiger partial charge in [-0.3, -0.25) is 14.5 Å². The summed E-state index contributed by atoms with van der Waals surface area (Å²) in [5.41, 5.74) is 7.29. The molecule has 3 N–H and O–H groups in total. The van der Waals surface area contributed by atoms with Crippen LogP contribution in [-0.2, 0) is 10.3 Å². The number of hydrogen-bond acceptors (Lipinski definition) is 5. The molecule has 1 aromatic heterocycles. The number of nitrogens with zero attached hydrogens (tertiary/aromatic N) is 3. The summed E-state index contributed by atoms with van der Waals surface area (Å²) in [5, 5.41) is 3.83. The first kappa shape index (κ1) is 19.3. The lowest BCUT2D eigenvalue weighted by atomic mass is 9.85. The fourth-order valence-electron chi connectivity index (χ4n) is 3.45. The minimum Gasteiger partial charge on any atom is -0.369 e. The van der Waals surface area contributed by atoms with Gasteiger partial charge in [0.25, 0.3) is 5.91 Å². The minimum atomic E-state index is -0.977. The fraction of sp³-hybridized carbons (Fsp3) is 0.130. The predicted octanol–water partition coefficient (Wildman–Crippen LogP) is 3.05. The molecule has 2 heterocycles. The van der Waals surface area contributed by atoms with E-state index in [1.807, 2.05) is 36.4 Å². The highest BCUT2D eigenvalue weighted by Crippen LogP contribution is 2.35. The fourth-order valence-corrected chi connectivity index (χ4v) is 3.45. The van der Waals surface area contributed by atoms with Crippen LogP contribution in [0.5, 0.6) is 0 Å². The van der Waals surface area contributed by atoms with E-state index in [4.69, 9.17) is 5.73 Å². The number of carbonyl (C=O) groups is 2. The van der Waals surface area contributed by atoms with Crippen LogP contribution < -0.4 is 11.1 Å². The summed E-state index contributed by atoms with van der Waals surface area (Å²) in [7, 11) is 1.58. The molecule has 2 amide bonds. The third kappa shape index (κ3) is 3.41. The van der Waals surface area contributed by atoms with Gasteiger partial charge < -0.3 is 11.1 Å². The maximum absolute atomic E-state index is 12.7. The molecule has 150 valence electrons. The van der Waals surface area contributed by atoms with E-state index in [-0.39, 0.29) is 24.2 Å². The standard InChI is InChI=1S/C23H21N5O2/c1-3-23(14-20(29)28(2)22(24)27-23)16-8-6-9-17(13-16)25-21(30)19-12-11-15-7-4-5-10-18(15)26-19/h3-13H,1,14H2,2H3,(H2,24,27)(H,25,30)/t23-/m0/s1. The van der Waals surface area contributed by atoms with Crippen LogP contribution in [0, 0.1) is 0 Å². The van der Waals surface area contributed by atoms with Crippen LogP contribution in [0.4, 0.5) is 5.69 Å². The third-order valence-electron chi connectivity index (χ3n) is 5.24. The first-order valence-corrected chi connectivity index (χ1v) is 9.45. The molecule has 0 saturated heterocycles. The Balaban J connectivity index is 1.63. The van der Waals surface area contributed by atoms with Gasteiger partial charge in [-0.2, -0.15) is 0 Å². The van der Waals surface area contributed by atoms with E-state index in [0.717, 1.165) is 10.9 Å². The number of nitrogens with one attached hydrogen (secondary N) is 1. The van der Waals surface area contributed by atoms with Crippen LogP contribution in [-0.4, -0.2) is 34.7 Å². The predicted molar refractivity (Wildman–Crippen MR) is 117 cm³/mol. The van der Waals surface area contributed by atoms with Crippen molar-refractivity contribution < 1.29 is 9.59 Å². The molecule has 0 saturated carbocycles. The maximum atomic E-state index is 12.7. The number of nitrogens with two attached hydrogens (primary N) is 1. The van der Waals surface area contributed by atoms with Gasteiger partial charge in [-0.1, -0.05) is 42.5 Å². The van der Waals surface area contributed by atoms with Crippen LogP contribution in [0.2, 0.25) is 0 Å². The van der Waals surface area contributed by atoms with Crippen molar-refractivity contribution in [1.82, 2.24) is 9.88 Å². The summed E-state index contributed by atoms with van der Waals surface area (Å²) in [6.07, 6.45) is 1.72. The second-order valence-electron chi connectivity index (χ2n) is 7.15. The van der Waals surface area contributed by atoms with Crippen molar-refractivity contribution >= 4 is 34.4 Å². The summed E-state index contributed by atoms with van der Waals surface area (Å²) in [6, 6.07) is 18.3. The Bertz CT molecular complexity index is 1200. The average Bonchev–Trinajstić information content (AvgIpc) is 2.77. The number of anilines is 1. The van der Waals surface area contributed by atoms with E-state index < -0.39 is 5.54 Å². The highest BCUT2D eigenvalue weighted by molar-refractivity contribution is 6.04. The second-order valence-corrected chi connectivity index (χ2v) is 7.15.